The van der Waals surface area contributed by atoms with E-state index in [1.807, 2.05) is 25.4 Å². The number of aromatic nitrogens is 5. The van der Waals surface area contributed by atoms with Gasteiger partial charge in [0.2, 0.25) is 0 Å². The number of nitriles is 1. The Morgan fingerprint density at radius 1 is 1.23 bits per heavy atom. The van der Waals surface area contributed by atoms with Gasteiger partial charge in [-0.3, -0.25) is 4.68 Å². The molecular weight excluding hydrogens is 408 g/mol. The molecule has 9 heteroatoms. The molecule has 1 aromatic carbocycles. The van der Waals surface area contributed by atoms with E-state index in [1.165, 1.54) is 25.7 Å². The maximum atomic E-state index is 9.56. The minimum Gasteiger partial charge on any atom is -0.348 e. The Balaban J connectivity index is 1.35. The van der Waals surface area contributed by atoms with Crippen LogP contribution in [-0.2, 0) is 7.05 Å². The molecule has 4 aromatic rings. The topological polar surface area (TPSA) is 95.5 Å². The van der Waals surface area contributed by atoms with E-state index in [-0.39, 0.29) is 0 Å². The largest absolute Gasteiger partial charge is 0.348 e. The number of fused-ring (bicyclic) bond motifs is 4. The van der Waals surface area contributed by atoms with Crippen LogP contribution in [0.15, 0.2) is 24.5 Å². The molecule has 2 fully saturated rings. The minimum absolute atomic E-state index is 0.512. The molecule has 5 heterocycles. The minimum atomic E-state index is 0.512. The summed E-state index contributed by atoms with van der Waals surface area (Å²) in [6.07, 6.45) is 8.61. The second-order valence-corrected chi connectivity index (χ2v) is 9.59. The van der Waals surface area contributed by atoms with Crippen molar-refractivity contribution in [2.24, 2.45) is 7.05 Å². The normalized spacial score (nSPS) is 22.8. The third-order valence-electron chi connectivity index (χ3n) is 6.54. The summed E-state index contributed by atoms with van der Waals surface area (Å²) < 4.78 is 1.72. The number of anilines is 1. The average Bonchev–Trinajstić information content (AvgIpc) is 3.46. The van der Waals surface area contributed by atoms with Gasteiger partial charge in [-0.1, -0.05) is 11.3 Å². The number of aryl methyl sites for hydroxylation is 1. The number of nitrogens with zero attached hydrogens (tertiary/aromatic N) is 7. The van der Waals surface area contributed by atoms with Crippen molar-refractivity contribution in [2.75, 3.05) is 11.9 Å². The monoisotopic (exact) mass is 430 g/mol. The highest BCUT2D eigenvalue weighted by Crippen LogP contribution is 2.35. The van der Waals surface area contributed by atoms with Gasteiger partial charge in [0.15, 0.2) is 11.0 Å². The van der Waals surface area contributed by atoms with Crippen LogP contribution in [0.3, 0.4) is 0 Å². The van der Waals surface area contributed by atoms with E-state index in [0.29, 0.717) is 35.0 Å². The summed E-state index contributed by atoms with van der Waals surface area (Å²) in [6.45, 7) is 0. The summed E-state index contributed by atoms with van der Waals surface area (Å²) in [5.41, 5.74) is 2.86. The van der Waals surface area contributed by atoms with Crippen molar-refractivity contribution in [2.45, 2.75) is 43.8 Å². The van der Waals surface area contributed by atoms with Crippen LogP contribution >= 0.6 is 11.3 Å². The first kappa shape index (κ1) is 18.7. The quantitative estimate of drug-likeness (QED) is 0.533. The van der Waals surface area contributed by atoms with Crippen LogP contribution in [0.2, 0.25) is 0 Å². The van der Waals surface area contributed by atoms with E-state index in [1.54, 1.807) is 22.2 Å². The number of hydrogen-bond donors (Lipinski definition) is 1. The Kier molecular flexibility index (Phi) is 4.20. The van der Waals surface area contributed by atoms with Gasteiger partial charge in [0.25, 0.3) is 0 Å². The van der Waals surface area contributed by atoms with E-state index < -0.39 is 0 Å². The Hall–Kier alpha value is -3.09. The molecule has 31 heavy (non-hydrogen) atoms. The van der Waals surface area contributed by atoms with Crippen LogP contribution in [0, 0.1) is 11.3 Å². The molecule has 0 amide bonds. The third-order valence-corrected chi connectivity index (χ3v) is 7.59. The van der Waals surface area contributed by atoms with Gasteiger partial charge in [-0.15, -0.1) is 0 Å². The van der Waals surface area contributed by atoms with E-state index >= 15 is 0 Å². The molecule has 2 saturated heterocycles. The zero-order valence-electron chi connectivity index (χ0n) is 17.4. The summed E-state index contributed by atoms with van der Waals surface area (Å²) in [5.74, 6) is 0.604. The Morgan fingerprint density at radius 3 is 2.81 bits per heavy atom. The molecule has 3 aromatic heterocycles. The van der Waals surface area contributed by atoms with E-state index in [9.17, 15) is 5.26 Å². The maximum absolute atomic E-state index is 9.56. The molecule has 2 aliphatic rings. The van der Waals surface area contributed by atoms with Crippen molar-refractivity contribution in [3.63, 3.8) is 0 Å². The highest BCUT2D eigenvalue weighted by molar-refractivity contribution is 7.21. The summed E-state index contributed by atoms with van der Waals surface area (Å²) >= 11 is 1.61. The highest BCUT2D eigenvalue weighted by atomic mass is 32.1. The van der Waals surface area contributed by atoms with Gasteiger partial charge >= 0.3 is 0 Å². The number of nitrogens with one attached hydrogen (secondary N) is 1. The predicted molar refractivity (Wildman–Crippen MR) is 121 cm³/mol. The zero-order valence-corrected chi connectivity index (χ0v) is 18.2. The molecule has 156 valence electrons. The molecule has 2 atom stereocenters. The van der Waals surface area contributed by atoms with Crippen LogP contribution < -0.4 is 10.2 Å². The Bertz CT molecular complexity index is 1340. The van der Waals surface area contributed by atoms with Gasteiger partial charge in [0.05, 0.1) is 11.8 Å². The third kappa shape index (κ3) is 3.14. The number of piperidine rings is 1. The lowest BCUT2D eigenvalue weighted by atomic mass is 9.99. The summed E-state index contributed by atoms with van der Waals surface area (Å²) in [4.78, 5) is 17.4. The number of thiazole rings is 1. The van der Waals surface area contributed by atoms with Gasteiger partial charge in [-0.25, -0.2) is 15.0 Å². The van der Waals surface area contributed by atoms with E-state index in [2.05, 4.69) is 33.4 Å². The molecule has 0 saturated carbocycles. The van der Waals surface area contributed by atoms with E-state index in [4.69, 9.17) is 9.97 Å². The highest BCUT2D eigenvalue weighted by Gasteiger charge is 2.35. The van der Waals surface area contributed by atoms with Crippen molar-refractivity contribution in [3.8, 4) is 17.5 Å². The van der Waals surface area contributed by atoms with Gasteiger partial charge in [0.1, 0.15) is 21.9 Å². The Morgan fingerprint density at radius 2 is 2.03 bits per heavy atom. The first-order valence-electron chi connectivity index (χ1n) is 10.6. The molecule has 2 bridgehead atoms. The fourth-order valence-corrected chi connectivity index (χ4v) is 5.93. The van der Waals surface area contributed by atoms with Gasteiger partial charge in [-0.05, 0) is 37.8 Å². The zero-order chi connectivity index (χ0) is 21.1. The van der Waals surface area contributed by atoms with E-state index in [0.717, 1.165) is 26.4 Å². The molecule has 2 aliphatic heterocycles. The van der Waals surface area contributed by atoms with Crippen LogP contribution in [0.1, 0.15) is 31.2 Å². The van der Waals surface area contributed by atoms with Crippen molar-refractivity contribution >= 4 is 37.7 Å². The second-order valence-electron chi connectivity index (χ2n) is 8.63. The van der Waals surface area contributed by atoms with Crippen molar-refractivity contribution < 1.29 is 0 Å². The lowest BCUT2D eigenvalue weighted by Crippen LogP contribution is -2.47. The van der Waals surface area contributed by atoms with Crippen LogP contribution in [-0.4, -0.2) is 49.9 Å². The molecule has 2 unspecified atom stereocenters. The van der Waals surface area contributed by atoms with Crippen LogP contribution in [0.25, 0.3) is 32.6 Å². The standard InChI is InChI=1S/C22H22N8S/c1-29-11-14-6-12(5-13(9-23)19(14)28-29)20-24-10-18-21(27-20)31-22(26-18)30(2)17-7-15-3-4-16(8-17)25-15/h5-6,10-11,15-17,25H,3-4,7-8H2,1-2H3. The van der Waals surface area contributed by atoms with Gasteiger partial charge in [0, 0.05) is 49.4 Å². The Labute approximate surface area is 183 Å². The molecule has 0 spiro atoms. The maximum Gasteiger partial charge on any atom is 0.187 e. The smallest absolute Gasteiger partial charge is 0.187 e. The fraction of sp³-hybridized carbons (Fsp3) is 0.409. The first-order valence-corrected chi connectivity index (χ1v) is 11.4. The molecular formula is C22H22N8S. The van der Waals surface area contributed by atoms with Crippen molar-refractivity contribution in [1.29, 1.82) is 5.26 Å². The predicted octanol–water partition coefficient (Wildman–Crippen LogP) is 3.23. The molecule has 8 nitrogen and oxygen atoms in total. The molecule has 6 rings (SSSR count). The van der Waals surface area contributed by atoms with Crippen molar-refractivity contribution in [1.82, 2.24) is 30.0 Å². The van der Waals surface area contributed by atoms with Gasteiger partial charge < -0.3 is 10.2 Å². The van der Waals surface area contributed by atoms with Crippen molar-refractivity contribution in [3.05, 3.63) is 30.1 Å². The SMILES string of the molecule is CN(c1nc2cnc(-c3cc(C#N)c4nn(C)cc4c3)nc2s1)C1CC2CCC(C1)N2. The summed E-state index contributed by atoms with van der Waals surface area (Å²) in [5, 5.41) is 19.6. The second kappa shape index (κ2) is 6.97. The average molecular weight is 431 g/mol. The number of hydrogen-bond acceptors (Lipinski definition) is 8. The van der Waals surface area contributed by atoms with Crippen LogP contribution in [0.5, 0.6) is 0 Å². The number of rotatable bonds is 3. The number of benzene rings is 1. The first-order chi connectivity index (χ1) is 15.1. The summed E-state index contributed by atoms with van der Waals surface area (Å²) in [7, 11) is 4.00. The lowest BCUT2D eigenvalue weighted by Gasteiger charge is -2.35. The fourth-order valence-electron chi connectivity index (χ4n) is 4.98. The summed E-state index contributed by atoms with van der Waals surface area (Å²) in [6, 6.07) is 7.85. The van der Waals surface area contributed by atoms with Gasteiger partial charge in [-0.2, -0.15) is 10.4 Å². The molecule has 0 radical (unpaired) electrons. The molecule has 1 N–H and O–H groups in total. The lowest BCUT2D eigenvalue weighted by molar-refractivity contribution is 0.354. The van der Waals surface area contributed by atoms with Crippen LogP contribution in [0.4, 0.5) is 5.13 Å². The molecule has 0 aliphatic carbocycles.